The summed E-state index contributed by atoms with van der Waals surface area (Å²) in [5, 5.41) is 17.9. The minimum Gasteiger partial charge on any atom is -0.469 e. The van der Waals surface area contributed by atoms with E-state index in [0.29, 0.717) is 16.9 Å². The summed E-state index contributed by atoms with van der Waals surface area (Å²) in [5.41, 5.74) is 0.701. The molecule has 47 heavy (non-hydrogen) atoms. The van der Waals surface area contributed by atoms with E-state index in [-0.39, 0.29) is 29.7 Å². The molecule has 3 N–H and O–H groups in total. The number of benzene rings is 3. The number of carbonyl (C=O) groups is 2. The lowest BCUT2D eigenvalue weighted by atomic mass is 9.72. The predicted octanol–water partition coefficient (Wildman–Crippen LogP) is 3.56. The molecule has 0 radical (unpaired) electrons. The molecule has 0 fully saturated rings. The van der Waals surface area contributed by atoms with E-state index in [4.69, 9.17) is 13.9 Å². The highest BCUT2D eigenvalue weighted by Gasteiger charge is 2.61. The molecule has 1 amide bonds. The Labute approximate surface area is 268 Å². The van der Waals surface area contributed by atoms with E-state index in [2.05, 4.69) is 20.3 Å². The minimum absolute atomic E-state index is 0.00624. The molecule has 3 aromatic carbocycles. The number of para-hydroxylation sites is 2. The molecule has 4 bridgehead atoms. The van der Waals surface area contributed by atoms with Gasteiger partial charge in [-0.05, 0) is 41.7 Å². The van der Waals surface area contributed by atoms with Crippen LogP contribution in [0.5, 0.6) is 5.75 Å². The van der Waals surface area contributed by atoms with E-state index in [0.717, 1.165) is 23.4 Å². The molecule has 3 aliphatic rings. The second-order valence-corrected chi connectivity index (χ2v) is 13.6. The highest BCUT2D eigenvalue weighted by atomic mass is 32.2. The fourth-order valence-corrected chi connectivity index (χ4v) is 7.97. The lowest BCUT2D eigenvalue weighted by Crippen LogP contribution is -2.49. The largest absolute Gasteiger partial charge is 0.469 e. The summed E-state index contributed by atoms with van der Waals surface area (Å²) in [4.78, 5) is 42.2. The average Bonchev–Trinajstić information content (AvgIpc) is 3.71. The van der Waals surface area contributed by atoms with Gasteiger partial charge >= 0.3 is 5.97 Å². The van der Waals surface area contributed by atoms with E-state index < -0.39 is 61.1 Å². The number of hydrogen-bond acceptors (Lipinski definition) is 11. The van der Waals surface area contributed by atoms with Gasteiger partial charge in [0.15, 0.2) is 22.6 Å². The predicted molar refractivity (Wildman–Crippen MR) is 165 cm³/mol. The Morgan fingerprint density at radius 3 is 2.60 bits per heavy atom. The number of nitrogens with zero attached hydrogens (tertiary/aromatic N) is 2. The zero-order valence-electron chi connectivity index (χ0n) is 25.3. The van der Waals surface area contributed by atoms with Gasteiger partial charge in [0.2, 0.25) is 21.8 Å². The Bertz CT molecular complexity index is 2080. The number of esters is 1. The van der Waals surface area contributed by atoms with Gasteiger partial charge in [-0.3, -0.25) is 14.9 Å². The van der Waals surface area contributed by atoms with E-state index >= 15 is 0 Å². The molecule has 3 aliphatic heterocycles. The Hall–Kier alpha value is -5.28. The molecule has 242 valence electrons. The number of carbonyl (C=O) groups excluding carboxylic acids is 2. The van der Waals surface area contributed by atoms with Crippen LogP contribution in [0.3, 0.4) is 0 Å². The lowest BCUT2D eigenvalue weighted by molar-refractivity contribution is -0.387. The molecule has 7 rings (SSSR count). The Balaban J connectivity index is 1.44. The number of methoxy groups -OCH3 is 1. The topological polar surface area (TPSA) is 192 Å². The number of hydrogen-bond donors (Lipinski definition) is 3. The van der Waals surface area contributed by atoms with Crippen LogP contribution in [-0.2, 0) is 31.4 Å². The molecule has 1 spiro atoms. The first-order valence-electron chi connectivity index (χ1n) is 14.8. The van der Waals surface area contributed by atoms with Crippen molar-refractivity contribution in [2.45, 2.75) is 48.9 Å². The zero-order valence-corrected chi connectivity index (χ0v) is 26.2. The number of amides is 1. The number of fused-ring (bicyclic) bond motifs is 4. The summed E-state index contributed by atoms with van der Waals surface area (Å²) in [6, 6.07) is 15.2. The van der Waals surface area contributed by atoms with Gasteiger partial charge in [-0.25, -0.2) is 18.2 Å². The van der Waals surface area contributed by atoms with Crippen molar-refractivity contribution in [2.75, 3.05) is 12.4 Å². The maximum atomic E-state index is 14.0. The average molecular weight is 660 g/mol. The minimum atomic E-state index is -4.58. The van der Waals surface area contributed by atoms with Gasteiger partial charge in [0.25, 0.3) is 5.69 Å². The second kappa shape index (κ2) is 10.9. The van der Waals surface area contributed by atoms with Gasteiger partial charge in [0.05, 0.1) is 12.0 Å². The maximum absolute atomic E-state index is 14.0. The molecular weight excluding hydrogens is 630 g/mol. The Kier molecular flexibility index (Phi) is 7.05. The van der Waals surface area contributed by atoms with Crippen LogP contribution < -0.4 is 20.1 Å². The normalized spacial score (nSPS) is 22.6. The van der Waals surface area contributed by atoms with Gasteiger partial charge in [0, 0.05) is 17.3 Å². The van der Waals surface area contributed by atoms with Crippen LogP contribution in [0.2, 0.25) is 0 Å². The highest BCUT2D eigenvalue weighted by molar-refractivity contribution is 7.89. The van der Waals surface area contributed by atoms with Crippen molar-refractivity contribution in [1.29, 1.82) is 0 Å². The standard InChI is InChI=1S/C32H29N5O9S/c1-16(2)25-29-35-26(30(39)44-3)27(46-29)32-18-8-4-5-9-20(18)33-31(32)45-23-13-12-17(14-19(23)32)15-21(28(38)34-25)36-47(42,43)24-11-7-6-10-22(24)37(40)41/h4-14,16,21,25,31,33,36H,15H2,1-3H3,(H,34,38)/t21-,25-,31-,32?/m0/s1. The fourth-order valence-electron chi connectivity index (χ4n) is 6.60. The van der Waals surface area contributed by atoms with Crippen LogP contribution in [0.15, 0.2) is 76.0 Å². The molecule has 0 saturated heterocycles. The summed E-state index contributed by atoms with van der Waals surface area (Å²) in [6.45, 7) is 3.61. The second-order valence-electron chi connectivity index (χ2n) is 11.9. The molecule has 4 aromatic rings. The molecule has 0 aliphatic carbocycles. The summed E-state index contributed by atoms with van der Waals surface area (Å²) in [6.07, 6.45) is -0.882. The Morgan fingerprint density at radius 1 is 1.11 bits per heavy atom. The number of nitrogens with one attached hydrogen (secondary N) is 3. The van der Waals surface area contributed by atoms with Crippen molar-refractivity contribution < 1.29 is 36.8 Å². The number of nitro benzene ring substituents is 1. The van der Waals surface area contributed by atoms with Crippen molar-refractivity contribution in [2.24, 2.45) is 5.92 Å². The van der Waals surface area contributed by atoms with E-state index in [9.17, 15) is 28.1 Å². The van der Waals surface area contributed by atoms with Gasteiger partial charge in [-0.15, -0.1) is 0 Å². The van der Waals surface area contributed by atoms with Crippen LogP contribution in [0.25, 0.3) is 0 Å². The molecule has 15 heteroatoms. The molecule has 4 atom stereocenters. The monoisotopic (exact) mass is 659 g/mol. The molecule has 0 saturated carbocycles. The van der Waals surface area contributed by atoms with E-state index in [1.165, 1.54) is 19.2 Å². The number of anilines is 1. The van der Waals surface area contributed by atoms with Crippen molar-refractivity contribution in [3.8, 4) is 5.75 Å². The first kappa shape index (κ1) is 30.4. The number of oxazole rings is 1. The van der Waals surface area contributed by atoms with Crippen molar-refractivity contribution in [1.82, 2.24) is 15.0 Å². The van der Waals surface area contributed by atoms with Gasteiger partial charge < -0.3 is 24.5 Å². The molecule has 1 aromatic heterocycles. The first-order valence-corrected chi connectivity index (χ1v) is 16.3. The summed E-state index contributed by atoms with van der Waals surface area (Å²) < 4.78 is 47.7. The number of nitro groups is 1. The van der Waals surface area contributed by atoms with E-state index in [1.54, 1.807) is 32.0 Å². The van der Waals surface area contributed by atoms with Crippen molar-refractivity contribution in [3.05, 3.63) is 111 Å². The lowest BCUT2D eigenvalue weighted by Gasteiger charge is -2.28. The summed E-state index contributed by atoms with van der Waals surface area (Å²) in [5.74, 6) is -1.17. The fraction of sp³-hybridized carbons (Fsp3) is 0.281. The molecule has 14 nitrogen and oxygen atoms in total. The van der Waals surface area contributed by atoms with Crippen LogP contribution in [0, 0.1) is 16.0 Å². The first-order chi connectivity index (χ1) is 22.4. The van der Waals surface area contributed by atoms with Gasteiger partial charge in [0.1, 0.15) is 23.2 Å². The zero-order chi connectivity index (χ0) is 33.2. The molecule has 1 unspecified atom stereocenters. The van der Waals surface area contributed by atoms with E-state index in [1.807, 2.05) is 24.3 Å². The highest BCUT2D eigenvalue weighted by Crippen LogP contribution is 2.58. The smallest absolute Gasteiger partial charge is 0.360 e. The maximum Gasteiger partial charge on any atom is 0.360 e. The van der Waals surface area contributed by atoms with Crippen LogP contribution >= 0.6 is 0 Å². The van der Waals surface area contributed by atoms with Crippen LogP contribution in [-0.4, -0.2) is 49.6 Å². The number of aromatic nitrogens is 1. The summed E-state index contributed by atoms with van der Waals surface area (Å²) >= 11 is 0. The van der Waals surface area contributed by atoms with Crippen molar-refractivity contribution >= 4 is 33.3 Å². The van der Waals surface area contributed by atoms with Crippen molar-refractivity contribution in [3.63, 3.8) is 0 Å². The third-order valence-corrected chi connectivity index (χ3v) is 10.3. The quantitative estimate of drug-likeness (QED) is 0.156. The number of sulfonamides is 1. The number of rotatable bonds is 6. The van der Waals surface area contributed by atoms with Gasteiger partial charge in [-0.2, -0.15) is 4.72 Å². The van der Waals surface area contributed by atoms with Crippen LogP contribution in [0.4, 0.5) is 11.4 Å². The van der Waals surface area contributed by atoms with Gasteiger partial charge in [-0.1, -0.05) is 56.3 Å². The Morgan fingerprint density at radius 2 is 1.85 bits per heavy atom. The van der Waals surface area contributed by atoms with Crippen LogP contribution in [0.1, 0.15) is 58.7 Å². The molecule has 4 heterocycles. The third kappa shape index (κ3) is 4.64. The summed E-state index contributed by atoms with van der Waals surface area (Å²) in [7, 11) is -3.35. The third-order valence-electron chi connectivity index (χ3n) is 8.76. The SMILES string of the molecule is COC(=O)c1nc2oc1C13c4ccccc4N[C@H]1Oc1ccc(cc13)C[C@H](NS(=O)(=O)c1ccccc1[N+](=O)[O-])C(=O)N[C@H]2C(C)C. The molecular formula is C32H29N5O9S. The number of ether oxygens (including phenoxy) is 2.